The lowest BCUT2D eigenvalue weighted by Gasteiger charge is -2.39. The Balaban J connectivity index is 1.39. The third-order valence-corrected chi connectivity index (χ3v) is 5.26. The predicted molar refractivity (Wildman–Crippen MR) is 113 cm³/mol. The molecule has 0 aliphatic carbocycles. The number of nitrogens with zero attached hydrogens (tertiary/aromatic N) is 6. The summed E-state index contributed by atoms with van der Waals surface area (Å²) in [6, 6.07) is 9.39. The van der Waals surface area contributed by atoms with Gasteiger partial charge in [0, 0.05) is 47.9 Å². The molecule has 0 saturated carbocycles. The zero-order valence-electron chi connectivity index (χ0n) is 16.4. The predicted octanol–water partition coefficient (Wildman–Crippen LogP) is 4.21. The Morgan fingerprint density at radius 1 is 1.20 bits per heavy atom. The van der Waals surface area contributed by atoms with Crippen molar-refractivity contribution in [2.75, 3.05) is 16.8 Å². The summed E-state index contributed by atoms with van der Waals surface area (Å²) in [6.45, 7) is 4.68. The first-order valence-electron chi connectivity index (χ1n) is 9.56. The Morgan fingerprint density at radius 3 is 2.83 bits per heavy atom. The van der Waals surface area contributed by atoms with Gasteiger partial charge < -0.3 is 14.7 Å². The average molecular weight is 423 g/mol. The van der Waals surface area contributed by atoms with E-state index in [0.29, 0.717) is 22.7 Å². The van der Waals surface area contributed by atoms with Crippen molar-refractivity contribution in [3.05, 3.63) is 58.8 Å². The third kappa shape index (κ3) is 3.48. The maximum absolute atomic E-state index is 6.25. The van der Waals surface area contributed by atoms with E-state index >= 15 is 0 Å². The Bertz CT molecular complexity index is 1200. The molecule has 1 fully saturated rings. The molecule has 30 heavy (non-hydrogen) atoms. The highest BCUT2D eigenvalue weighted by molar-refractivity contribution is 6.29. The molecule has 0 spiro atoms. The molecule has 0 aromatic carbocycles. The second-order valence-corrected chi connectivity index (χ2v) is 7.57. The lowest BCUT2D eigenvalue weighted by molar-refractivity contribution is 0.315. The summed E-state index contributed by atoms with van der Waals surface area (Å²) in [6.07, 6.45) is 2.68. The van der Waals surface area contributed by atoms with E-state index in [1.165, 1.54) is 0 Å². The van der Waals surface area contributed by atoms with Gasteiger partial charge >= 0.3 is 0 Å². The molecule has 10 heteroatoms. The molecule has 1 aliphatic rings. The third-order valence-electron chi connectivity index (χ3n) is 5.06. The molecular formula is C20H19ClN8O. The number of nitrogens with one attached hydrogen (secondary N) is 2. The number of halogens is 1. The molecule has 152 valence electrons. The Labute approximate surface area is 177 Å². The molecule has 1 atom stereocenters. The van der Waals surface area contributed by atoms with Gasteiger partial charge in [-0.1, -0.05) is 16.8 Å². The monoisotopic (exact) mass is 422 g/mol. The molecule has 1 aliphatic heterocycles. The molecule has 0 amide bonds. The van der Waals surface area contributed by atoms with Crippen LogP contribution in [0, 0.1) is 13.8 Å². The van der Waals surface area contributed by atoms with Gasteiger partial charge in [0.05, 0.1) is 6.04 Å². The Hall–Kier alpha value is -3.46. The fraction of sp³-hybridized carbons (Fsp3) is 0.250. The minimum absolute atomic E-state index is 0.00201. The maximum Gasteiger partial charge on any atom is 0.229 e. The van der Waals surface area contributed by atoms with Crippen LogP contribution in [-0.4, -0.2) is 36.9 Å². The van der Waals surface area contributed by atoms with Gasteiger partial charge in [-0.2, -0.15) is 10.1 Å². The Morgan fingerprint density at radius 2 is 2.10 bits per heavy atom. The van der Waals surface area contributed by atoms with Crippen LogP contribution in [0.5, 0.6) is 0 Å². The zero-order valence-corrected chi connectivity index (χ0v) is 17.2. The smallest absolute Gasteiger partial charge is 0.229 e. The van der Waals surface area contributed by atoms with E-state index in [1.54, 1.807) is 12.3 Å². The van der Waals surface area contributed by atoms with Gasteiger partial charge in [-0.15, -0.1) is 0 Å². The molecule has 0 radical (unpaired) electrons. The molecule has 2 N–H and O–H groups in total. The molecule has 9 nitrogen and oxygen atoms in total. The average Bonchev–Trinajstić information content (AvgIpc) is 3.30. The van der Waals surface area contributed by atoms with Crippen molar-refractivity contribution in [2.24, 2.45) is 0 Å². The van der Waals surface area contributed by atoms with Crippen molar-refractivity contribution in [3.8, 4) is 11.3 Å². The number of hydrogen-bond donors (Lipinski definition) is 2. The highest BCUT2D eigenvalue weighted by Gasteiger charge is 2.35. The van der Waals surface area contributed by atoms with Gasteiger partial charge in [0.15, 0.2) is 11.6 Å². The van der Waals surface area contributed by atoms with Crippen molar-refractivity contribution in [1.82, 2.24) is 30.3 Å². The topological polar surface area (TPSA) is 109 Å². The fourth-order valence-corrected chi connectivity index (χ4v) is 3.64. The molecule has 5 rings (SSSR count). The van der Waals surface area contributed by atoms with Gasteiger partial charge in [-0.25, -0.2) is 4.98 Å². The van der Waals surface area contributed by atoms with Crippen LogP contribution in [0.4, 0.5) is 17.6 Å². The van der Waals surface area contributed by atoms with Crippen molar-refractivity contribution in [2.45, 2.75) is 26.3 Å². The first-order chi connectivity index (χ1) is 14.6. The highest BCUT2D eigenvalue weighted by Crippen LogP contribution is 2.38. The fourth-order valence-electron chi connectivity index (χ4n) is 3.46. The van der Waals surface area contributed by atoms with E-state index < -0.39 is 0 Å². The standard InChI is InChI=1S/C20H19ClN8O/c1-11-8-19(27-26-11)24-18-10-17(21)23-20(25-18)29-7-5-15(29)16-9-14(28-30-16)13-4-3-6-22-12(13)2/h3-4,6,8-10,15H,5,7H2,1-2H3,(H2,23,24,25,26,27). The van der Waals surface area contributed by atoms with Crippen molar-refractivity contribution in [1.29, 1.82) is 0 Å². The normalized spacial score (nSPS) is 15.8. The number of hydrogen-bond acceptors (Lipinski definition) is 8. The van der Waals surface area contributed by atoms with Crippen LogP contribution in [0.1, 0.15) is 29.6 Å². The van der Waals surface area contributed by atoms with Crippen LogP contribution in [-0.2, 0) is 0 Å². The second-order valence-electron chi connectivity index (χ2n) is 7.19. The molecule has 1 saturated heterocycles. The molecule has 4 aromatic heterocycles. The van der Waals surface area contributed by atoms with E-state index in [4.69, 9.17) is 16.1 Å². The number of aromatic nitrogens is 6. The summed E-state index contributed by atoms with van der Waals surface area (Å²) >= 11 is 6.25. The summed E-state index contributed by atoms with van der Waals surface area (Å²) in [5.41, 5.74) is 3.58. The van der Waals surface area contributed by atoms with E-state index in [1.807, 2.05) is 43.0 Å². The molecule has 1 unspecified atom stereocenters. The minimum Gasteiger partial charge on any atom is -0.359 e. The second kappa shape index (κ2) is 7.42. The van der Waals surface area contributed by atoms with Crippen LogP contribution in [0.2, 0.25) is 5.15 Å². The SMILES string of the molecule is Cc1cc(Nc2cc(Cl)nc(N3CCC3c3cc(-c4cccnc4C)no3)n2)n[nH]1. The molecule has 0 bridgehead atoms. The van der Waals surface area contributed by atoms with Gasteiger partial charge in [0.2, 0.25) is 5.95 Å². The van der Waals surface area contributed by atoms with E-state index in [2.05, 4.69) is 35.6 Å². The number of pyridine rings is 1. The zero-order chi connectivity index (χ0) is 20.7. The van der Waals surface area contributed by atoms with Crippen molar-refractivity contribution < 1.29 is 4.52 Å². The lowest BCUT2D eigenvalue weighted by atomic mass is 10.00. The maximum atomic E-state index is 6.25. The van der Waals surface area contributed by atoms with E-state index in [9.17, 15) is 0 Å². The number of aromatic amines is 1. The van der Waals surface area contributed by atoms with E-state index in [-0.39, 0.29) is 6.04 Å². The number of anilines is 3. The quantitative estimate of drug-likeness (QED) is 0.460. The van der Waals surface area contributed by atoms with Crippen LogP contribution in [0.3, 0.4) is 0 Å². The van der Waals surface area contributed by atoms with Crippen molar-refractivity contribution in [3.63, 3.8) is 0 Å². The summed E-state index contributed by atoms with van der Waals surface area (Å²) in [4.78, 5) is 15.4. The summed E-state index contributed by atoms with van der Waals surface area (Å²) in [5.74, 6) is 2.54. The molecule has 4 aromatic rings. The van der Waals surface area contributed by atoms with Crippen LogP contribution in [0.15, 0.2) is 41.1 Å². The van der Waals surface area contributed by atoms with Crippen LogP contribution < -0.4 is 10.2 Å². The first kappa shape index (κ1) is 18.6. The summed E-state index contributed by atoms with van der Waals surface area (Å²) in [5, 5.41) is 14.8. The lowest BCUT2D eigenvalue weighted by Crippen LogP contribution is -2.42. The number of rotatable bonds is 5. The van der Waals surface area contributed by atoms with Crippen molar-refractivity contribution >= 4 is 29.2 Å². The minimum atomic E-state index is 0.00201. The molecule has 5 heterocycles. The van der Waals surface area contributed by atoms with Crippen LogP contribution >= 0.6 is 11.6 Å². The Kier molecular flexibility index (Phi) is 4.59. The number of H-pyrrole nitrogens is 1. The van der Waals surface area contributed by atoms with Gasteiger partial charge in [-0.05, 0) is 32.4 Å². The van der Waals surface area contributed by atoms with Crippen LogP contribution in [0.25, 0.3) is 11.3 Å². The first-order valence-corrected chi connectivity index (χ1v) is 9.93. The summed E-state index contributed by atoms with van der Waals surface area (Å²) < 4.78 is 5.65. The van der Waals surface area contributed by atoms with Gasteiger partial charge in [0.1, 0.15) is 16.7 Å². The highest BCUT2D eigenvalue weighted by atomic mass is 35.5. The van der Waals surface area contributed by atoms with Gasteiger partial charge in [0.25, 0.3) is 0 Å². The number of aryl methyl sites for hydroxylation is 2. The van der Waals surface area contributed by atoms with E-state index in [0.717, 1.165) is 41.4 Å². The molecular weight excluding hydrogens is 404 g/mol. The van der Waals surface area contributed by atoms with Gasteiger partial charge in [-0.3, -0.25) is 10.1 Å². The summed E-state index contributed by atoms with van der Waals surface area (Å²) in [7, 11) is 0. The largest absolute Gasteiger partial charge is 0.359 e.